The number of aromatic nitrogens is 1. The summed E-state index contributed by atoms with van der Waals surface area (Å²) in [6.07, 6.45) is -1.83. The molecule has 1 rings (SSSR count). The van der Waals surface area contributed by atoms with E-state index in [9.17, 15) is 18.0 Å². The average Bonchev–Trinajstić information content (AvgIpc) is 2.17. The maximum atomic E-state index is 11.9. The van der Waals surface area contributed by atoms with Gasteiger partial charge in [0.25, 0.3) is 0 Å². The van der Waals surface area contributed by atoms with Gasteiger partial charge in [-0.3, -0.25) is 15.1 Å². The third-order valence-electron chi connectivity index (χ3n) is 1.77. The van der Waals surface area contributed by atoms with Crippen molar-refractivity contribution >= 4 is 5.97 Å². The van der Waals surface area contributed by atoms with Crippen LogP contribution >= 0.6 is 0 Å². The van der Waals surface area contributed by atoms with Crippen LogP contribution in [0.5, 0.6) is 0 Å². The van der Waals surface area contributed by atoms with Crippen molar-refractivity contribution in [2.75, 3.05) is 6.54 Å². The van der Waals surface area contributed by atoms with Crippen molar-refractivity contribution in [3.8, 4) is 0 Å². The van der Waals surface area contributed by atoms with Crippen molar-refractivity contribution in [2.24, 2.45) is 0 Å². The first-order valence-electron chi connectivity index (χ1n) is 4.33. The molecule has 16 heavy (non-hydrogen) atoms. The lowest BCUT2D eigenvalue weighted by molar-refractivity contribution is -0.143. The normalized spacial score (nSPS) is 13.4. The van der Waals surface area contributed by atoms with Gasteiger partial charge in [0.05, 0.1) is 6.54 Å². The summed E-state index contributed by atoms with van der Waals surface area (Å²) in [5, 5.41) is 10.7. The Morgan fingerprint density at radius 3 is 2.69 bits per heavy atom. The Morgan fingerprint density at radius 2 is 2.25 bits per heavy atom. The second-order valence-electron chi connectivity index (χ2n) is 3.05. The van der Waals surface area contributed by atoms with E-state index in [4.69, 9.17) is 5.11 Å². The lowest BCUT2D eigenvalue weighted by Gasteiger charge is -2.15. The van der Waals surface area contributed by atoms with Gasteiger partial charge in [-0.15, -0.1) is 0 Å². The van der Waals surface area contributed by atoms with Crippen molar-refractivity contribution in [2.45, 2.75) is 12.2 Å². The first kappa shape index (κ1) is 12.4. The van der Waals surface area contributed by atoms with E-state index in [1.165, 1.54) is 24.5 Å². The number of hydrogen-bond acceptors (Lipinski definition) is 3. The van der Waals surface area contributed by atoms with Crippen LogP contribution in [-0.2, 0) is 4.79 Å². The molecule has 1 atom stereocenters. The number of nitrogens with one attached hydrogen (secondary N) is 1. The molecule has 2 N–H and O–H groups in total. The second kappa shape index (κ2) is 4.93. The lowest BCUT2D eigenvalue weighted by Crippen LogP contribution is -2.36. The molecular formula is C9H9F3N2O2. The standard InChI is InChI=1S/C9H9F3N2O2/c10-9(11,12)5-14-7(8(15)16)6-2-1-3-13-4-6/h1-4,7,14H,5H2,(H,15,16). The molecule has 0 radical (unpaired) electrons. The lowest BCUT2D eigenvalue weighted by atomic mass is 10.1. The quantitative estimate of drug-likeness (QED) is 0.825. The molecule has 1 unspecified atom stereocenters. The molecule has 7 heteroatoms. The zero-order valence-corrected chi connectivity index (χ0v) is 8.03. The van der Waals surface area contributed by atoms with E-state index in [2.05, 4.69) is 4.98 Å². The van der Waals surface area contributed by atoms with Gasteiger partial charge < -0.3 is 5.11 Å². The zero-order chi connectivity index (χ0) is 12.2. The van der Waals surface area contributed by atoms with Crippen molar-refractivity contribution < 1.29 is 23.1 Å². The van der Waals surface area contributed by atoms with E-state index >= 15 is 0 Å². The van der Waals surface area contributed by atoms with Gasteiger partial charge in [0.1, 0.15) is 6.04 Å². The predicted molar refractivity (Wildman–Crippen MR) is 48.7 cm³/mol. The fourth-order valence-corrected chi connectivity index (χ4v) is 1.11. The van der Waals surface area contributed by atoms with Gasteiger partial charge in [-0.05, 0) is 11.6 Å². The highest BCUT2D eigenvalue weighted by Crippen LogP contribution is 2.17. The van der Waals surface area contributed by atoms with E-state index < -0.39 is 24.7 Å². The zero-order valence-electron chi connectivity index (χ0n) is 8.03. The van der Waals surface area contributed by atoms with Gasteiger partial charge in [-0.25, -0.2) is 0 Å². The third-order valence-corrected chi connectivity index (χ3v) is 1.77. The Kier molecular flexibility index (Phi) is 3.83. The van der Waals surface area contributed by atoms with Crippen molar-refractivity contribution in [1.29, 1.82) is 0 Å². The molecular weight excluding hydrogens is 225 g/mol. The molecule has 0 spiro atoms. The summed E-state index contributed by atoms with van der Waals surface area (Å²) in [4.78, 5) is 14.4. The van der Waals surface area contributed by atoms with Gasteiger partial charge in [-0.1, -0.05) is 6.07 Å². The number of alkyl halides is 3. The minimum absolute atomic E-state index is 0.180. The molecule has 0 saturated heterocycles. The predicted octanol–water partition coefficient (Wildman–Crippen LogP) is 1.36. The molecule has 0 aliphatic heterocycles. The number of nitrogens with zero attached hydrogens (tertiary/aromatic N) is 1. The monoisotopic (exact) mass is 234 g/mol. The average molecular weight is 234 g/mol. The minimum Gasteiger partial charge on any atom is -0.480 e. The van der Waals surface area contributed by atoms with Crippen molar-refractivity contribution in [3.63, 3.8) is 0 Å². The number of carboxylic acid groups (broad SMARTS) is 1. The number of carbonyl (C=O) groups is 1. The van der Waals surface area contributed by atoms with E-state index in [1.807, 2.05) is 5.32 Å². The SMILES string of the molecule is O=C(O)C(NCC(F)(F)F)c1cccnc1. The Labute approximate surface area is 89.1 Å². The fourth-order valence-electron chi connectivity index (χ4n) is 1.11. The summed E-state index contributed by atoms with van der Waals surface area (Å²) < 4.78 is 35.8. The van der Waals surface area contributed by atoms with E-state index in [-0.39, 0.29) is 5.56 Å². The molecule has 1 aromatic heterocycles. The molecule has 1 aromatic rings. The molecule has 88 valence electrons. The number of rotatable bonds is 4. The summed E-state index contributed by atoms with van der Waals surface area (Å²) in [6, 6.07) is 1.45. The molecule has 0 amide bonds. The summed E-state index contributed by atoms with van der Waals surface area (Å²) in [7, 11) is 0. The summed E-state index contributed by atoms with van der Waals surface area (Å²) in [5.41, 5.74) is 0.180. The van der Waals surface area contributed by atoms with Crippen LogP contribution < -0.4 is 5.32 Å². The molecule has 0 bridgehead atoms. The smallest absolute Gasteiger partial charge is 0.401 e. The van der Waals surface area contributed by atoms with Gasteiger partial charge in [0.2, 0.25) is 0 Å². The highest BCUT2D eigenvalue weighted by Gasteiger charge is 2.30. The summed E-state index contributed by atoms with van der Waals surface area (Å²) >= 11 is 0. The fraction of sp³-hybridized carbons (Fsp3) is 0.333. The molecule has 0 aliphatic carbocycles. The number of pyridine rings is 1. The van der Waals surface area contributed by atoms with Gasteiger partial charge >= 0.3 is 12.1 Å². The largest absolute Gasteiger partial charge is 0.480 e. The molecule has 1 heterocycles. The second-order valence-corrected chi connectivity index (χ2v) is 3.05. The molecule has 0 fully saturated rings. The van der Waals surface area contributed by atoms with Gasteiger partial charge in [0, 0.05) is 12.4 Å². The number of halogens is 3. The van der Waals surface area contributed by atoms with Crippen molar-refractivity contribution in [1.82, 2.24) is 10.3 Å². The molecule has 4 nitrogen and oxygen atoms in total. The first-order chi connectivity index (χ1) is 7.40. The number of aliphatic carboxylic acids is 1. The van der Waals surface area contributed by atoms with Gasteiger partial charge in [-0.2, -0.15) is 13.2 Å². The van der Waals surface area contributed by atoms with Gasteiger partial charge in [0.15, 0.2) is 0 Å². The van der Waals surface area contributed by atoms with Crippen LogP contribution in [0.15, 0.2) is 24.5 Å². The van der Waals surface area contributed by atoms with Crippen LogP contribution in [0.4, 0.5) is 13.2 Å². The van der Waals surface area contributed by atoms with E-state index in [1.54, 1.807) is 0 Å². The Morgan fingerprint density at radius 1 is 1.56 bits per heavy atom. The highest BCUT2D eigenvalue weighted by molar-refractivity contribution is 5.75. The van der Waals surface area contributed by atoms with Crippen LogP contribution in [-0.4, -0.2) is 28.8 Å². The molecule has 0 saturated carbocycles. The molecule has 0 aromatic carbocycles. The first-order valence-corrected chi connectivity index (χ1v) is 4.33. The molecule has 0 aliphatic rings. The Hall–Kier alpha value is -1.63. The maximum absolute atomic E-state index is 11.9. The van der Waals surface area contributed by atoms with Crippen LogP contribution in [0.1, 0.15) is 11.6 Å². The number of hydrogen-bond donors (Lipinski definition) is 2. The topological polar surface area (TPSA) is 62.2 Å². The number of carboxylic acids is 1. The summed E-state index contributed by atoms with van der Waals surface area (Å²) in [6.45, 7) is -1.36. The van der Waals surface area contributed by atoms with E-state index in [0.717, 1.165) is 0 Å². The maximum Gasteiger partial charge on any atom is 0.401 e. The van der Waals surface area contributed by atoms with E-state index in [0.29, 0.717) is 0 Å². The van der Waals surface area contributed by atoms with Crippen LogP contribution in [0.2, 0.25) is 0 Å². The third kappa shape index (κ3) is 3.85. The van der Waals surface area contributed by atoms with Crippen LogP contribution in [0.3, 0.4) is 0 Å². The highest BCUT2D eigenvalue weighted by atomic mass is 19.4. The Balaban J connectivity index is 2.74. The van der Waals surface area contributed by atoms with Crippen molar-refractivity contribution in [3.05, 3.63) is 30.1 Å². The Bertz CT molecular complexity index is 354. The van der Waals surface area contributed by atoms with Crippen LogP contribution in [0, 0.1) is 0 Å². The minimum atomic E-state index is -4.45. The summed E-state index contributed by atoms with van der Waals surface area (Å²) in [5.74, 6) is -1.38. The van der Waals surface area contributed by atoms with Crippen LogP contribution in [0.25, 0.3) is 0 Å².